The first kappa shape index (κ1) is 19.2. The van der Waals surface area contributed by atoms with Crippen molar-refractivity contribution in [1.29, 1.82) is 5.26 Å². The Labute approximate surface area is 160 Å². The van der Waals surface area contributed by atoms with E-state index in [2.05, 4.69) is 18.1 Å². The van der Waals surface area contributed by atoms with Crippen LogP contribution in [-0.4, -0.2) is 27.6 Å². The van der Waals surface area contributed by atoms with Crippen LogP contribution >= 0.6 is 0 Å². The lowest BCUT2D eigenvalue weighted by atomic mass is 10.1. The van der Waals surface area contributed by atoms with Crippen molar-refractivity contribution in [1.82, 2.24) is 14.7 Å². The Bertz CT molecular complexity index is 858. The SMILES string of the molecule is Cc1nn(CCC#N)c(C)c1CCC(=O)N(C)Cc1ccc([C@H]2C[C@H]2C)o1. The van der Waals surface area contributed by atoms with E-state index in [-0.39, 0.29) is 5.91 Å². The van der Waals surface area contributed by atoms with E-state index in [9.17, 15) is 4.79 Å². The Morgan fingerprint density at radius 2 is 2.19 bits per heavy atom. The lowest BCUT2D eigenvalue weighted by Crippen LogP contribution is -2.26. The number of aryl methyl sites for hydroxylation is 2. The molecule has 0 aromatic carbocycles. The highest BCUT2D eigenvalue weighted by Crippen LogP contribution is 2.47. The standard InChI is InChI=1S/C21H28N4O2/c1-14-12-19(14)20-8-6-17(27-20)13-24(4)21(26)9-7-18-15(2)23-25(16(18)3)11-5-10-22/h6,8,14,19H,5,7,9,11-13H2,1-4H3/t14-,19+/m1/s1. The van der Waals surface area contributed by atoms with E-state index >= 15 is 0 Å². The van der Waals surface area contributed by atoms with Gasteiger partial charge in [0.15, 0.2) is 0 Å². The molecule has 3 rings (SSSR count). The van der Waals surface area contributed by atoms with Crippen LogP contribution in [0, 0.1) is 31.1 Å². The fraction of sp³-hybridized carbons (Fsp3) is 0.571. The van der Waals surface area contributed by atoms with Gasteiger partial charge < -0.3 is 9.32 Å². The fourth-order valence-corrected chi connectivity index (χ4v) is 3.61. The third-order valence-electron chi connectivity index (χ3n) is 5.53. The van der Waals surface area contributed by atoms with Crippen LogP contribution in [0.25, 0.3) is 0 Å². The molecule has 27 heavy (non-hydrogen) atoms. The number of furan rings is 1. The van der Waals surface area contributed by atoms with Crippen LogP contribution in [0.3, 0.4) is 0 Å². The zero-order valence-corrected chi connectivity index (χ0v) is 16.7. The highest BCUT2D eigenvalue weighted by molar-refractivity contribution is 5.76. The van der Waals surface area contributed by atoms with Crippen LogP contribution in [-0.2, 0) is 24.3 Å². The molecule has 0 spiro atoms. The number of hydrogen-bond acceptors (Lipinski definition) is 4. The van der Waals surface area contributed by atoms with Gasteiger partial charge in [-0.15, -0.1) is 0 Å². The molecule has 0 bridgehead atoms. The van der Waals surface area contributed by atoms with Crippen LogP contribution in [0.1, 0.15) is 60.6 Å². The Morgan fingerprint density at radius 3 is 2.85 bits per heavy atom. The molecule has 0 unspecified atom stereocenters. The van der Waals surface area contributed by atoms with Crippen LogP contribution in [0.15, 0.2) is 16.5 Å². The van der Waals surface area contributed by atoms with E-state index in [0.29, 0.717) is 44.2 Å². The van der Waals surface area contributed by atoms with Crippen LogP contribution in [0.2, 0.25) is 0 Å². The minimum atomic E-state index is 0.0938. The van der Waals surface area contributed by atoms with Crippen LogP contribution in [0.4, 0.5) is 0 Å². The molecule has 144 valence electrons. The second kappa shape index (κ2) is 7.99. The molecule has 1 aliphatic rings. The molecule has 0 saturated heterocycles. The van der Waals surface area contributed by atoms with E-state index in [0.717, 1.165) is 28.5 Å². The number of nitriles is 1. The van der Waals surface area contributed by atoms with E-state index in [1.807, 2.05) is 37.7 Å². The maximum atomic E-state index is 12.5. The van der Waals surface area contributed by atoms with Crippen molar-refractivity contribution in [2.75, 3.05) is 7.05 Å². The molecule has 0 radical (unpaired) electrons. The highest BCUT2D eigenvalue weighted by atomic mass is 16.3. The van der Waals surface area contributed by atoms with Crippen LogP contribution < -0.4 is 0 Å². The van der Waals surface area contributed by atoms with Crippen molar-refractivity contribution in [2.24, 2.45) is 5.92 Å². The van der Waals surface area contributed by atoms with Crippen molar-refractivity contribution in [3.05, 3.63) is 40.6 Å². The van der Waals surface area contributed by atoms with Crippen molar-refractivity contribution in [2.45, 2.75) is 65.5 Å². The van der Waals surface area contributed by atoms with E-state index < -0.39 is 0 Å². The summed E-state index contributed by atoms with van der Waals surface area (Å²) in [5, 5.41) is 13.2. The van der Waals surface area contributed by atoms with Gasteiger partial charge in [0.2, 0.25) is 5.91 Å². The van der Waals surface area contributed by atoms with Gasteiger partial charge in [-0.2, -0.15) is 10.4 Å². The second-order valence-corrected chi connectivity index (χ2v) is 7.65. The Balaban J connectivity index is 1.53. The van der Waals surface area contributed by atoms with Gasteiger partial charge in [0.1, 0.15) is 11.5 Å². The van der Waals surface area contributed by atoms with Gasteiger partial charge in [-0.3, -0.25) is 9.48 Å². The molecule has 6 nitrogen and oxygen atoms in total. The second-order valence-electron chi connectivity index (χ2n) is 7.65. The van der Waals surface area contributed by atoms with Gasteiger partial charge in [0.05, 0.1) is 31.3 Å². The van der Waals surface area contributed by atoms with Gasteiger partial charge in [0.25, 0.3) is 0 Å². The number of carbonyl (C=O) groups is 1. The molecule has 2 heterocycles. The summed E-state index contributed by atoms with van der Waals surface area (Å²) < 4.78 is 7.77. The van der Waals surface area contributed by atoms with Crippen molar-refractivity contribution in [3.8, 4) is 6.07 Å². The molecule has 0 aliphatic heterocycles. The highest BCUT2D eigenvalue weighted by Gasteiger charge is 2.36. The number of carbonyl (C=O) groups excluding carboxylic acids is 1. The number of aromatic nitrogens is 2. The molecule has 2 aromatic rings. The zero-order valence-electron chi connectivity index (χ0n) is 16.7. The first-order valence-electron chi connectivity index (χ1n) is 9.63. The summed E-state index contributed by atoms with van der Waals surface area (Å²) in [6.45, 7) is 7.29. The molecular formula is C21H28N4O2. The Morgan fingerprint density at radius 1 is 1.44 bits per heavy atom. The molecule has 1 aliphatic carbocycles. The molecule has 0 N–H and O–H groups in total. The Hall–Kier alpha value is -2.55. The van der Waals surface area contributed by atoms with Gasteiger partial charge in [-0.1, -0.05) is 6.92 Å². The Kier molecular flexibility index (Phi) is 5.69. The summed E-state index contributed by atoms with van der Waals surface area (Å²) in [6.07, 6.45) is 2.74. The first-order valence-corrected chi connectivity index (χ1v) is 9.63. The normalized spacial score (nSPS) is 18.3. The lowest BCUT2D eigenvalue weighted by molar-refractivity contribution is -0.130. The van der Waals surface area contributed by atoms with E-state index in [1.165, 1.54) is 6.42 Å². The maximum Gasteiger partial charge on any atom is 0.223 e. The first-order chi connectivity index (χ1) is 12.9. The summed E-state index contributed by atoms with van der Waals surface area (Å²) >= 11 is 0. The predicted octanol–water partition coefficient (Wildman–Crippen LogP) is 3.72. The number of nitrogens with zero attached hydrogens (tertiary/aromatic N) is 4. The minimum Gasteiger partial charge on any atom is -0.464 e. The van der Waals surface area contributed by atoms with Gasteiger partial charge in [-0.05, 0) is 50.3 Å². The minimum absolute atomic E-state index is 0.0938. The predicted molar refractivity (Wildman–Crippen MR) is 102 cm³/mol. The molecule has 2 aromatic heterocycles. The largest absolute Gasteiger partial charge is 0.464 e. The molecular weight excluding hydrogens is 340 g/mol. The smallest absolute Gasteiger partial charge is 0.223 e. The fourth-order valence-electron chi connectivity index (χ4n) is 3.61. The van der Waals surface area contributed by atoms with Crippen molar-refractivity contribution >= 4 is 5.91 Å². The summed E-state index contributed by atoms with van der Waals surface area (Å²) in [7, 11) is 1.82. The summed E-state index contributed by atoms with van der Waals surface area (Å²) in [4.78, 5) is 14.3. The number of amides is 1. The topological polar surface area (TPSA) is 75.1 Å². The third-order valence-corrected chi connectivity index (χ3v) is 5.53. The summed E-state index contributed by atoms with van der Waals surface area (Å²) in [5.41, 5.74) is 3.10. The van der Waals surface area contributed by atoms with Crippen molar-refractivity contribution < 1.29 is 9.21 Å². The van der Waals surface area contributed by atoms with E-state index in [1.54, 1.807) is 4.90 Å². The number of hydrogen-bond donors (Lipinski definition) is 0. The third kappa shape index (κ3) is 4.41. The van der Waals surface area contributed by atoms with Gasteiger partial charge >= 0.3 is 0 Å². The van der Waals surface area contributed by atoms with Gasteiger partial charge in [0, 0.05) is 25.1 Å². The van der Waals surface area contributed by atoms with Gasteiger partial charge in [-0.25, -0.2) is 0 Å². The molecule has 1 amide bonds. The summed E-state index contributed by atoms with van der Waals surface area (Å²) in [5.74, 6) is 3.26. The zero-order chi connectivity index (χ0) is 19.6. The quantitative estimate of drug-likeness (QED) is 0.712. The van der Waals surface area contributed by atoms with Crippen LogP contribution in [0.5, 0.6) is 0 Å². The van der Waals surface area contributed by atoms with Crippen molar-refractivity contribution in [3.63, 3.8) is 0 Å². The van der Waals surface area contributed by atoms with E-state index in [4.69, 9.17) is 9.68 Å². The molecule has 6 heteroatoms. The summed E-state index contributed by atoms with van der Waals surface area (Å²) in [6, 6.07) is 6.17. The lowest BCUT2D eigenvalue weighted by Gasteiger charge is -2.16. The average molecular weight is 368 g/mol. The molecule has 1 fully saturated rings. The molecule has 2 atom stereocenters. The monoisotopic (exact) mass is 368 g/mol. The number of rotatable bonds is 8. The maximum absolute atomic E-state index is 12.5. The average Bonchev–Trinajstić information content (AvgIpc) is 3.07. The molecule has 1 saturated carbocycles.